The van der Waals surface area contributed by atoms with Crippen molar-refractivity contribution in [1.82, 2.24) is 0 Å². The molecule has 0 aromatic rings. The van der Waals surface area contributed by atoms with Crippen molar-refractivity contribution in [2.75, 3.05) is 6.61 Å². The molecule has 2 N–H and O–H groups in total. The van der Waals surface area contributed by atoms with Crippen LogP contribution in [-0.4, -0.2) is 18.7 Å². The Hall–Kier alpha value is -1.06. The van der Waals surface area contributed by atoms with Crippen LogP contribution in [0.15, 0.2) is 11.8 Å². The molecule has 15 heavy (non-hydrogen) atoms. The van der Waals surface area contributed by atoms with E-state index in [1.807, 2.05) is 20.8 Å². The van der Waals surface area contributed by atoms with Crippen LogP contribution in [0, 0.1) is 5.92 Å². The Morgan fingerprint density at radius 3 is 2.60 bits per heavy atom. The normalized spacial score (nSPS) is 14.1. The number of alkyl halides is 1. The fourth-order valence-corrected chi connectivity index (χ4v) is 0.937. The van der Waals surface area contributed by atoms with Crippen LogP contribution in [0.2, 0.25) is 0 Å². The lowest BCUT2D eigenvalue weighted by atomic mass is 10.2. The van der Waals surface area contributed by atoms with E-state index in [4.69, 9.17) is 10.5 Å². The Kier molecular flexibility index (Phi) is 6.75. The van der Waals surface area contributed by atoms with E-state index in [0.717, 1.165) is 6.08 Å². The van der Waals surface area contributed by atoms with Crippen LogP contribution in [0.5, 0.6) is 0 Å². The third-order valence-electron chi connectivity index (χ3n) is 1.75. The first-order valence-corrected chi connectivity index (χ1v) is 5.25. The first-order valence-electron chi connectivity index (χ1n) is 5.25. The van der Waals surface area contributed by atoms with Gasteiger partial charge in [-0.15, -0.1) is 0 Å². The van der Waals surface area contributed by atoms with Gasteiger partial charge in [0.25, 0.3) is 0 Å². The average Bonchev–Trinajstić information content (AvgIpc) is 2.15. The summed E-state index contributed by atoms with van der Waals surface area (Å²) in [6, 6.07) is 0. The van der Waals surface area contributed by atoms with Crippen LogP contribution < -0.4 is 5.73 Å². The summed E-state index contributed by atoms with van der Waals surface area (Å²) in [6.45, 7) is 6.04. The predicted octanol–water partition coefficient (Wildman–Crippen LogP) is 2.17. The molecule has 0 amide bonds. The summed E-state index contributed by atoms with van der Waals surface area (Å²) < 4.78 is 18.0. The van der Waals surface area contributed by atoms with Crippen LogP contribution in [0.4, 0.5) is 4.39 Å². The van der Waals surface area contributed by atoms with Crippen molar-refractivity contribution in [3.8, 4) is 0 Å². The highest BCUT2D eigenvalue weighted by Crippen LogP contribution is 2.08. The second-order valence-corrected chi connectivity index (χ2v) is 3.92. The number of carbonyl (C=O) groups is 1. The first kappa shape index (κ1) is 13.9. The third-order valence-corrected chi connectivity index (χ3v) is 1.75. The van der Waals surface area contributed by atoms with Gasteiger partial charge in [0.2, 0.25) is 0 Å². The van der Waals surface area contributed by atoms with Gasteiger partial charge < -0.3 is 10.5 Å². The van der Waals surface area contributed by atoms with E-state index in [0.29, 0.717) is 19.4 Å². The lowest BCUT2D eigenvalue weighted by Crippen LogP contribution is -2.16. The smallest absolute Gasteiger partial charge is 0.332 e. The quantitative estimate of drug-likeness (QED) is 0.548. The largest absolute Gasteiger partial charge is 0.462 e. The van der Waals surface area contributed by atoms with Gasteiger partial charge in [-0.2, -0.15) is 0 Å². The van der Waals surface area contributed by atoms with Crippen LogP contribution in [0.3, 0.4) is 0 Å². The summed E-state index contributed by atoms with van der Waals surface area (Å²) in [4.78, 5) is 11.1. The average molecular weight is 217 g/mol. The first-order chi connectivity index (χ1) is 6.97. The molecule has 3 nitrogen and oxygen atoms in total. The van der Waals surface area contributed by atoms with Gasteiger partial charge in [0.1, 0.15) is 6.17 Å². The summed E-state index contributed by atoms with van der Waals surface area (Å²) in [6.07, 6.45) is 0.806. The van der Waals surface area contributed by atoms with Crippen molar-refractivity contribution in [3.05, 3.63) is 11.8 Å². The summed E-state index contributed by atoms with van der Waals surface area (Å²) in [5.41, 5.74) is 5.35. The van der Waals surface area contributed by atoms with Gasteiger partial charge in [-0.3, -0.25) is 0 Å². The minimum absolute atomic E-state index is 0.0504. The Morgan fingerprint density at radius 2 is 2.13 bits per heavy atom. The Labute approximate surface area is 90.5 Å². The maximum absolute atomic E-state index is 13.2. The summed E-state index contributed by atoms with van der Waals surface area (Å²) >= 11 is 0. The van der Waals surface area contributed by atoms with Crippen molar-refractivity contribution >= 4 is 5.97 Å². The van der Waals surface area contributed by atoms with Crippen LogP contribution >= 0.6 is 0 Å². The maximum atomic E-state index is 13.2. The summed E-state index contributed by atoms with van der Waals surface area (Å²) in [5.74, 6) is -0.305. The lowest BCUT2D eigenvalue weighted by molar-refractivity contribution is -0.138. The van der Waals surface area contributed by atoms with E-state index in [2.05, 4.69) is 0 Å². The molecule has 0 aromatic heterocycles. The van der Waals surface area contributed by atoms with Crippen LogP contribution in [0.1, 0.15) is 33.6 Å². The van der Waals surface area contributed by atoms with Gasteiger partial charge in [-0.05, 0) is 12.3 Å². The molecule has 0 rings (SSSR count). The SMILES string of the molecule is CCCC(F)C(N)=CC(=O)OCC(C)C. The maximum Gasteiger partial charge on any atom is 0.332 e. The van der Waals surface area contributed by atoms with Gasteiger partial charge in [0.05, 0.1) is 12.3 Å². The van der Waals surface area contributed by atoms with Crippen molar-refractivity contribution in [1.29, 1.82) is 0 Å². The third kappa shape index (κ3) is 6.94. The van der Waals surface area contributed by atoms with Crippen molar-refractivity contribution in [2.45, 2.75) is 39.8 Å². The highest BCUT2D eigenvalue weighted by molar-refractivity contribution is 5.82. The molecule has 0 saturated carbocycles. The molecule has 1 atom stereocenters. The van der Waals surface area contributed by atoms with E-state index in [1.165, 1.54) is 0 Å². The van der Waals surface area contributed by atoms with Crippen molar-refractivity contribution < 1.29 is 13.9 Å². The Balaban J connectivity index is 4.05. The van der Waals surface area contributed by atoms with Crippen LogP contribution in [-0.2, 0) is 9.53 Å². The molecular formula is C11H20FNO2. The Morgan fingerprint density at radius 1 is 1.53 bits per heavy atom. The Bertz CT molecular complexity index is 227. The summed E-state index contributed by atoms with van der Waals surface area (Å²) in [7, 11) is 0. The highest BCUT2D eigenvalue weighted by Gasteiger charge is 2.10. The van der Waals surface area contributed by atoms with E-state index in [1.54, 1.807) is 0 Å². The van der Waals surface area contributed by atoms with Crippen molar-refractivity contribution in [3.63, 3.8) is 0 Å². The molecule has 1 unspecified atom stereocenters. The lowest BCUT2D eigenvalue weighted by Gasteiger charge is -2.08. The molecular weight excluding hydrogens is 197 g/mol. The molecule has 0 aromatic carbocycles. The molecule has 0 fully saturated rings. The van der Waals surface area contributed by atoms with Gasteiger partial charge in [0.15, 0.2) is 0 Å². The fraction of sp³-hybridized carbons (Fsp3) is 0.727. The number of ether oxygens (including phenoxy) is 1. The van der Waals surface area contributed by atoms with Crippen molar-refractivity contribution in [2.24, 2.45) is 11.7 Å². The standard InChI is InChI=1S/C11H20FNO2/c1-4-5-9(12)10(13)6-11(14)15-7-8(2)3/h6,8-9H,4-5,7,13H2,1-3H3. The minimum Gasteiger partial charge on any atom is -0.462 e. The molecule has 0 aliphatic heterocycles. The molecule has 0 aliphatic rings. The fourth-order valence-electron chi connectivity index (χ4n) is 0.937. The second-order valence-electron chi connectivity index (χ2n) is 3.92. The number of hydrogen-bond acceptors (Lipinski definition) is 3. The minimum atomic E-state index is -1.25. The van der Waals surface area contributed by atoms with Crippen LogP contribution in [0.25, 0.3) is 0 Å². The zero-order valence-electron chi connectivity index (χ0n) is 9.63. The number of rotatable bonds is 6. The number of esters is 1. The second kappa shape index (κ2) is 7.26. The zero-order valence-corrected chi connectivity index (χ0v) is 9.63. The number of allylic oxidation sites excluding steroid dienone is 1. The highest BCUT2D eigenvalue weighted by atomic mass is 19.1. The summed E-state index contributed by atoms with van der Waals surface area (Å²) in [5, 5.41) is 0. The van der Waals surface area contributed by atoms with E-state index >= 15 is 0 Å². The number of hydrogen-bond donors (Lipinski definition) is 1. The van der Waals surface area contributed by atoms with E-state index in [9.17, 15) is 9.18 Å². The monoisotopic (exact) mass is 217 g/mol. The number of carbonyl (C=O) groups excluding carboxylic acids is 1. The predicted molar refractivity (Wildman–Crippen MR) is 57.9 cm³/mol. The molecule has 0 radical (unpaired) electrons. The molecule has 0 spiro atoms. The van der Waals surface area contributed by atoms with Gasteiger partial charge in [0, 0.05) is 6.08 Å². The van der Waals surface area contributed by atoms with E-state index in [-0.39, 0.29) is 11.6 Å². The van der Waals surface area contributed by atoms with E-state index < -0.39 is 12.1 Å². The van der Waals surface area contributed by atoms with Gasteiger partial charge in [-0.1, -0.05) is 27.2 Å². The molecule has 0 aliphatic carbocycles. The molecule has 0 heterocycles. The molecule has 4 heteroatoms. The number of nitrogens with two attached hydrogens (primary N) is 1. The molecule has 0 saturated heterocycles. The van der Waals surface area contributed by atoms with Gasteiger partial charge >= 0.3 is 5.97 Å². The number of halogens is 1. The zero-order chi connectivity index (χ0) is 11.8. The molecule has 0 bridgehead atoms. The van der Waals surface area contributed by atoms with Gasteiger partial charge in [-0.25, -0.2) is 9.18 Å². The topological polar surface area (TPSA) is 52.3 Å². The molecule has 88 valence electrons.